The number of thiophene rings is 1. The van der Waals surface area contributed by atoms with Crippen LogP contribution in [0.25, 0.3) is 10.1 Å². The molecule has 0 amide bonds. The maximum absolute atomic E-state index is 9.48. The Balaban J connectivity index is 2.84. The van der Waals surface area contributed by atoms with Crippen LogP contribution in [0.4, 0.5) is 0 Å². The molecule has 13 heavy (non-hydrogen) atoms. The zero-order valence-corrected chi connectivity index (χ0v) is 7.99. The van der Waals surface area contributed by atoms with Crippen molar-refractivity contribution in [2.75, 3.05) is 0 Å². The lowest BCUT2D eigenvalue weighted by Crippen LogP contribution is -1.66. The molecule has 0 aliphatic carbocycles. The van der Waals surface area contributed by atoms with Crippen molar-refractivity contribution < 1.29 is 5.11 Å². The molecule has 1 aromatic carbocycles. The molecular formula is C9H4ClNOS. The van der Waals surface area contributed by atoms with E-state index in [1.165, 1.54) is 17.4 Å². The molecule has 0 fully saturated rings. The van der Waals surface area contributed by atoms with E-state index in [0.717, 1.165) is 5.39 Å². The third-order valence-corrected chi connectivity index (χ3v) is 2.97. The maximum Gasteiger partial charge on any atom is 0.134 e. The van der Waals surface area contributed by atoms with Gasteiger partial charge in [-0.25, -0.2) is 0 Å². The molecule has 4 heteroatoms. The van der Waals surface area contributed by atoms with E-state index in [0.29, 0.717) is 14.6 Å². The van der Waals surface area contributed by atoms with Gasteiger partial charge in [-0.2, -0.15) is 5.26 Å². The van der Waals surface area contributed by atoms with Crippen LogP contribution >= 0.6 is 22.9 Å². The number of hydrogen-bond donors (Lipinski definition) is 1. The van der Waals surface area contributed by atoms with Crippen molar-refractivity contribution in [1.82, 2.24) is 0 Å². The number of nitriles is 1. The van der Waals surface area contributed by atoms with Crippen LogP contribution in [0.1, 0.15) is 4.88 Å². The van der Waals surface area contributed by atoms with Crippen LogP contribution in [0.5, 0.6) is 5.75 Å². The van der Waals surface area contributed by atoms with Crippen molar-refractivity contribution in [3.63, 3.8) is 0 Å². The van der Waals surface area contributed by atoms with Crippen molar-refractivity contribution in [1.29, 1.82) is 5.26 Å². The second-order valence-electron chi connectivity index (χ2n) is 2.57. The zero-order chi connectivity index (χ0) is 9.42. The Bertz CT molecular complexity index is 512. The third kappa shape index (κ3) is 1.35. The first kappa shape index (κ1) is 8.36. The zero-order valence-electron chi connectivity index (χ0n) is 6.41. The van der Waals surface area contributed by atoms with Crippen LogP contribution in [-0.2, 0) is 0 Å². The average molecular weight is 210 g/mol. The van der Waals surface area contributed by atoms with E-state index in [9.17, 15) is 5.11 Å². The summed E-state index contributed by atoms with van der Waals surface area (Å²) in [6.45, 7) is 0. The van der Waals surface area contributed by atoms with Gasteiger partial charge in [0, 0.05) is 5.02 Å². The summed E-state index contributed by atoms with van der Waals surface area (Å²) in [5.74, 6) is 0.133. The number of fused-ring (bicyclic) bond motifs is 1. The molecule has 0 radical (unpaired) electrons. The number of phenols is 1. The standard InChI is InChI=1S/C9H4ClNOS/c10-6-1-5-2-7(4-11)13-9(5)8(12)3-6/h1-3,12H. The number of benzene rings is 1. The molecule has 0 aliphatic rings. The molecule has 1 aromatic heterocycles. The third-order valence-electron chi connectivity index (χ3n) is 1.67. The lowest BCUT2D eigenvalue weighted by atomic mass is 10.2. The summed E-state index contributed by atoms with van der Waals surface area (Å²) in [5.41, 5.74) is 0. The van der Waals surface area contributed by atoms with Crippen molar-refractivity contribution in [2.45, 2.75) is 0 Å². The average Bonchev–Trinajstić information content (AvgIpc) is 2.47. The van der Waals surface area contributed by atoms with E-state index in [2.05, 4.69) is 0 Å². The Hall–Kier alpha value is -1.24. The summed E-state index contributed by atoms with van der Waals surface area (Å²) in [4.78, 5) is 0.576. The maximum atomic E-state index is 9.48. The number of hydrogen-bond acceptors (Lipinski definition) is 3. The van der Waals surface area contributed by atoms with E-state index in [4.69, 9.17) is 16.9 Å². The molecule has 0 bridgehead atoms. The monoisotopic (exact) mass is 209 g/mol. The van der Waals surface area contributed by atoms with Gasteiger partial charge in [-0.15, -0.1) is 11.3 Å². The predicted molar refractivity (Wildman–Crippen MR) is 53.2 cm³/mol. The number of halogens is 1. The van der Waals surface area contributed by atoms with Crippen LogP contribution < -0.4 is 0 Å². The summed E-state index contributed by atoms with van der Waals surface area (Å²) >= 11 is 7.00. The molecule has 1 N–H and O–H groups in total. The molecule has 0 unspecified atom stereocenters. The SMILES string of the molecule is N#Cc1cc2cc(Cl)cc(O)c2s1. The summed E-state index contributed by atoms with van der Waals surface area (Å²) in [6, 6.07) is 6.95. The number of nitrogens with zero attached hydrogens (tertiary/aromatic N) is 1. The quantitative estimate of drug-likeness (QED) is 0.725. The van der Waals surface area contributed by atoms with Crippen LogP contribution in [0.15, 0.2) is 18.2 Å². The largest absolute Gasteiger partial charge is 0.506 e. The van der Waals surface area contributed by atoms with E-state index < -0.39 is 0 Å². The lowest BCUT2D eigenvalue weighted by Gasteiger charge is -1.94. The predicted octanol–water partition coefficient (Wildman–Crippen LogP) is 3.13. The van der Waals surface area contributed by atoms with Gasteiger partial charge in [-0.1, -0.05) is 11.6 Å². The molecule has 2 aromatic rings. The van der Waals surface area contributed by atoms with Gasteiger partial charge in [0.15, 0.2) is 0 Å². The van der Waals surface area contributed by atoms with Crippen molar-refractivity contribution in [3.8, 4) is 11.8 Å². The molecule has 0 atom stereocenters. The highest BCUT2D eigenvalue weighted by atomic mass is 35.5. The minimum absolute atomic E-state index is 0.133. The number of aromatic hydroxyl groups is 1. The summed E-state index contributed by atoms with van der Waals surface area (Å²) < 4.78 is 0.709. The molecule has 2 rings (SSSR count). The van der Waals surface area contributed by atoms with Crippen LogP contribution in [0, 0.1) is 11.3 Å². The van der Waals surface area contributed by atoms with E-state index >= 15 is 0 Å². The lowest BCUT2D eigenvalue weighted by molar-refractivity contribution is 0.482. The second-order valence-corrected chi connectivity index (χ2v) is 4.05. The summed E-state index contributed by atoms with van der Waals surface area (Å²) in [5, 5.41) is 19.4. The first-order valence-electron chi connectivity index (χ1n) is 3.53. The first-order valence-corrected chi connectivity index (χ1v) is 4.72. The van der Waals surface area contributed by atoms with Crippen molar-refractivity contribution in [2.24, 2.45) is 0 Å². The van der Waals surface area contributed by atoms with Gasteiger partial charge >= 0.3 is 0 Å². The van der Waals surface area contributed by atoms with E-state index in [1.807, 2.05) is 6.07 Å². The molecule has 0 aliphatic heterocycles. The topological polar surface area (TPSA) is 44.0 Å². The summed E-state index contributed by atoms with van der Waals surface area (Å²) in [6.07, 6.45) is 0. The van der Waals surface area contributed by atoms with Gasteiger partial charge in [0.1, 0.15) is 16.7 Å². The van der Waals surface area contributed by atoms with Gasteiger partial charge in [-0.05, 0) is 23.6 Å². The Morgan fingerprint density at radius 1 is 1.38 bits per heavy atom. The first-order chi connectivity index (χ1) is 6.20. The molecule has 64 valence electrons. The number of rotatable bonds is 0. The highest BCUT2D eigenvalue weighted by Gasteiger charge is 2.06. The number of phenolic OH excluding ortho intramolecular Hbond substituents is 1. The van der Waals surface area contributed by atoms with Gasteiger partial charge < -0.3 is 5.11 Å². The Labute approximate surface area is 83.6 Å². The van der Waals surface area contributed by atoms with Crippen LogP contribution in [0.2, 0.25) is 5.02 Å². The van der Waals surface area contributed by atoms with Crippen molar-refractivity contribution >= 4 is 33.0 Å². The smallest absolute Gasteiger partial charge is 0.134 e. The fourth-order valence-electron chi connectivity index (χ4n) is 1.15. The highest BCUT2D eigenvalue weighted by Crippen LogP contribution is 2.35. The van der Waals surface area contributed by atoms with Crippen LogP contribution in [-0.4, -0.2) is 5.11 Å². The molecular weight excluding hydrogens is 206 g/mol. The Kier molecular flexibility index (Phi) is 1.87. The fourth-order valence-corrected chi connectivity index (χ4v) is 2.23. The highest BCUT2D eigenvalue weighted by molar-refractivity contribution is 7.19. The molecule has 2 nitrogen and oxygen atoms in total. The van der Waals surface area contributed by atoms with Crippen LogP contribution in [0.3, 0.4) is 0 Å². The molecule has 0 spiro atoms. The minimum Gasteiger partial charge on any atom is -0.506 e. The summed E-state index contributed by atoms with van der Waals surface area (Å²) in [7, 11) is 0. The van der Waals surface area contributed by atoms with Gasteiger partial charge in [0.25, 0.3) is 0 Å². The molecule has 0 saturated carbocycles. The van der Waals surface area contributed by atoms with Gasteiger partial charge in [0.05, 0.1) is 4.70 Å². The van der Waals surface area contributed by atoms with Gasteiger partial charge in [-0.3, -0.25) is 0 Å². The minimum atomic E-state index is 0.133. The van der Waals surface area contributed by atoms with Gasteiger partial charge in [0.2, 0.25) is 0 Å². The second kappa shape index (κ2) is 2.91. The van der Waals surface area contributed by atoms with E-state index in [1.54, 1.807) is 12.1 Å². The molecule has 1 heterocycles. The molecule has 0 saturated heterocycles. The fraction of sp³-hybridized carbons (Fsp3) is 0. The van der Waals surface area contributed by atoms with E-state index in [-0.39, 0.29) is 5.75 Å². The Morgan fingerprint density at radius 2 is 2.15 bits per heavy atom. The normalized spacial score (nSPS) is 10.2. The Morgan fingerprint density at radius 3 is 2.85 bits per heavy atom. The van der Waals surface area contributed by atoms with Crippen molar-refractivity contribution in [3.05, 3.63) is 28.1 Å².